The lowest BCUT2D eigenvalue weighted by Gasteiger charge is -2.21. The first-order chi connectivity index (χ1) is 15.7. The van der Waals surface area contributed by atoms with E-state index < -0.39 is 10.0 Å². The predicted molar refractivity (Wildman–Crippen MR) is 129 cm³/mol. The molecule has 0 unspecified atom stereocenters. The molecule has 3 rings (SSSR count). The Balaban J connectivity index is 1.76. The molecule has 0 aromatic heterocycles. The molecule has 1 heterocycles. The summed E-state index contributed by atoms with van der Waals surface area (Å²) in [5, 5.41) is 2.81. The average molecular weight is 495 g/mol. The van der Waals surface area contributed by atoms with Crippen molar-refractivity contribution in [2.24, 2.45) is 0 Å². The molecule has 2 aromatic rings. The highest BCUT2D eigenvalue weighted by molar-refractivity contribution is 8.00. The highest BCUT2D eigenvalue weighted by Crippen LogP contribution is 2.35. The van der Waals surface area contributed by atoms with Gasteiger partial charge in [0.25, 0.3) is 0 Å². The Morgan fingerprint density at radius 1 is 1.09 bits per heavy atom. The van der Waals surface area contributed by atoms with Crippen molar-refractivity contribution >= 4 is 33.4 Å². The normalized spacial score (nSPS) is 13.3. The minimum absolute atomic E-state index is 0.108. The van der Waals surface area contributed by atoms with Gasteiger partial charge in [0.15, 0.2) is 11.5 Å². The van der Waals surface area contributed by atoms with Crippen LogP contribution < -0.4 is 19.5 Å². The molecule has 1 aliphatic rings. The van der Waals surface area contributed by atoms with Crippen molar-refractivity contribution in [1.29, 1.82) is 0 Å². The number of amides is 1. The summed E-state index contributed by atoms with van der Waals surface area (Å²) in [4.78, 5) is 13.7. The zero-order valence-corrected chi connectivity index (χ0v) is 20.9. The number of thioether (sulfide) groups is 1. The third-order valence-electron chi connectivity index (χ3n) is 4.81. The van der Waals surface area contributed by atoms with Crippen molar-refractivity contribution in [2.45, 2.75) is 43.6 Å². The minimum Gasteiger partial charge on any atom is -0.489 e. The maximum absolute atomic E-state index is 12.9. The van der Waals surface area contributed by atoms with Crippen LogP contribution in [0.15, 0.2) is 46.2 Å². The van der Waals surface area contributed by atoms with Crippen molar-refractivity contribution in [3.63, 3.8) is 0 Å². The Bertz CT molecular complexity index is 1080. The summed E-state index contributed by atoms with van der Waals surface area (Å²) in [6.45, 7) is 9.03. The van der Waals surface area contributed by atoms with E-state index in [9.17, 15) is 13.2 Å². The second-order valence-electron chi connectivity index (χ2n) is 7.56. The van der Waals surface area contributed by atoms with Gasteiger partial charge in [-0.1, -0.05) is 13.8 Å². The molecule has 10 heteroatoms. The molecule has 0 saturated carbocycles. The summed E-state index contributed by atoms with van der Waals surface area (Å²) in [5.74, 6) is 1.63. The van der Waals surface area contributed by atoms with E-state index >= 15 is 0 Å². The summed E-state index contributed by atoms with van der Waals surface area (Å²) in [6, 6.07) is 10.1. The predicted octanol–water partition coefficient (Wildman–Crippen LogP) is 4.01. The summed E-state index contributed by atoms with van der Waals surface area (Å²) in [7, 11) is -3.67. The quantitative estimate of drug-likeness (QED) is 0.499. The number of hydrogen-bond acceptors (Lipinski definition) is 7. The lowest BCUT2D eigenvalue weighted by Crippen LogP contribution is -2.30. The van der Waals surface area contributed by atoms with Crippen LogP contribution >= 0.6 is 11.8 Å². The van der Waals surface area contributed by atoms with E-state index in [-0.39, 0.29) is 22.7 Å². The minimum atomic E-state index is -3.67. The Kier molecular flexibility index (Phi) is 8.50. The molecule has 0 saturated heterocycles. The van der Waals surface area contributed by atoms with Crippen molar-refractivity contribution < 1.29 is 27.4 Å². The Morgan fingerprint density at radius 2 is 1.79 bits per heavy atom. The smallest absolute Gasteiger partial charge is 0.243 e. The summed E-state index contributed by atoms with van der Waals surface area (Å²) >= 11 is 1.35. The Labute approximate surface area is 199 Å². The van der Waals surface area contributed by atoms with Gasteiger partial charge in [0.2, 0.25) is 15.9 Å². The van der Waals surface area contributed by atoms with Gasteiger partial charge < -0.3 is 19.5 Å². The molecule has 1 aliphatic heterocycles. The topological polar surface area (TPSA) is 94.2 Å². The van der Waals surface area contributed by atoms with E-state index in [0.29, 0.717) is 49.2 Å². The fourth-order valence-electron chi connectivity index (χ4n) is 3.29. The third kappa shape index (κ3) is 6.33. The van der Waals surface area contributed by atoms with E-state index in [2.05, 4.69) is 5.32 Å². The average Bonchev–Trinajstić information content (AvgIpc) is 2.79. The number of nitrogens with zero attached hydrogens (tertiary/aromatic N) is 1. The van der Waals surface area contributed by atoms with E-state index in [4.69, 9.17) is 14.2 Å². The number of hydrogen-bond donors (Lipinski definition) is 1. The summed E-state index contributed by atoms with van der Waals surface area (Å²) in [5.41, 5.74) is 0.324. The number of nitrogens with one attached hydrogen (secondary N) is 1. The number of sulfonamides is 1. The lowest BCUT2D eigenvalue weighted by molar-refractivity contribution is -0.113. The van der Waals surface area contributed by atoms with Crippen molar-refractivity contribution in [2.75, 3.05) is 37.4 Å². The number of benzene rings is 2. The SMILES string of the molecule is CCN(CC)S(=O)(=O)c1ccc(OC(C)C)c(NC(=O)CSc2ccc3c(c2)OCCO3)c1. The van der Waals surface area contributed by atoms with E-state index in [1.807, 2.05) is 32.0 Å². The molecule has 0 aliphatic carbocycles. The molecular weight excluding hydrogens is 464 g/mol. The molecule has 8 nitrogen and oxygen atoms in total. The molecule has 0 atom stereocenters. The first-order valence-electron chi connectivity index (χ1n) is 10.9. The summed E-state index contributed by atoms with van der Waals surface area (Å²) < 4.78 is 44.1. The van der Waals surface area contributed by atoms with Gasteiger partial charge >= 0.3 is 0 Å². The van der Waals surface area contributed by atoms with E-state index in [1.54, 1.807) is 19.9 Å². The maximum Gasteiger partial charge on any atom is 0.243 e. The Hall–Kier alpha value is -2.43. The number of fused-ring (bicyclic) bond motifs is 1. The molecule has 33 heavy (non-hydrogen) atoms. The van der Waals surface area contributed by atoms with Gasteiger partial charge in [-0.2, -0.15) is 4.31 Å². The fourth-order valence-corrected chi connectivity index (χ4v) is 5.49. The van der Waals surface area contributed by atoms with Crippen LogP contribution in [-0.2, 0) is 14.8 Å². The van der Waals surface area contributed by atoms with Gasteiger partial charge in [0, 0.05) is 18.0 Å². The second-order valence-corrected chi connectivity index (χ2v) is 10.5. The van der Waals surface area contributed by atoms with E-state index in [1.165, 1.54) is 28.2 Å². The van der Waals surface area contributed by atoms with Crippen LogP contribution in [0.2, 0.25) is 0 Å². The molecular formula is C23H30N2O6S2. The molecule has 0 radical (unpaired) electrons. The monoisotopic (exact) mass is 494 g/mol. The van der Waals surface area contributed by atoms with Crippen LogP contribution in [0, 0.1) is 0 Å². The third-order valence-corrected chi connectivity index (χ3v) is 7.85. The largest absolute Gasteiger partial charge is 0.489 e. The van der Waals surface area contributed by atoms with Gasteiger partial charge in [0.05, 0.1) is 22.4 Å². The molecule has 1 amide bonds. The first-order valence-corrected chi connectivity index (χ1v) is 13.3. The van der Waals surface area contributed by atoms with Crippen molar-refractivity contribution in [1.82, 2.24) is 4.31 Å². The second kappa shape index (κ2) is 11.1. The van der Waals surface area contributed by atoms with Crippen LogP contribution in [0.3, 0.4) is 0 Å². The number of ether oxygens (including phenoxy) is 3. The van der Waals surface area contributed by atoms with E-state index in [0.717, 1.165) is 4.90 Å². The molecule has 180 valence electrons. The van der Waals surface area contributed by atoms with Crippen LogP contribution in [0.25, 0.3) is 0 Å². The van der Waals surface area contributed by atoms with Gasteiger partial charge in [0.1, 0.15) is 19.0 Å². The zero-order valence-electron chi connectivity index (χ0n) is 19.3. The van der Waals surface area contributed by atoms with Gasteiger partial charge in [-0.25, -0.2) is 8.42 Å². The highest BCUT2D eigenvalue weighted by atomic mass is 32.2. The maximum atomic E-state index is 12.9. The van der Waals surface area contributed by atoms with Crippen LogP contribution in [-0.4, -0.2) is 56.8 Å². The van der Waals surface area contributed by atoms with Gasteiger partial charge in [-0.3, -0.25) is 4.79 Å². The lowest BCUT2D eigenvalue weighted by atomic mass is 10.3. The summed E-state index contributed by atoms with van der Waals surface area (Å²) in [6.07, 6.45) is -0.141. The van der Waals surface area contributed by atoms with Gasteiger partial charge in [-0.15, -0.1) is 11.8 Å². The van der Waals surface area contributed by atoms with Crippen molar-refractivity contribution in [3.05, 3.63) is 36.4 Å². The standard InChI is InChI=1S/C23H30N2O6S2/c1-5-25(6-2)33(27,28)18-8-10-20(31-16(3)4)19(14-18)24-23(26)15-32-17-7-9-21-22(13-17)30-12-11-29-21/h7-10,13-14,16H,5-6,11-12,15H2,1-4H3,(H,24,26). The molecule has 1 N–H and O–H groups in total. The van der Waals surface area contributed by atoms with Crippen LogP contribution in [0.4, 0.5) is 5.69 Å². The molecule has 0 spiro atoms. The number of carbonyl (C=O) groups excluding carboxylic acids is 1. The highest BCUT2D eigenvalue weighted by Gasteiger charge is 2.23. The number of carbonyl (C=O) groups is 1. The number of rotatable bonds is 10. The Morgan fingerprint density at radius 3 is 2.45 bits per heavy atom. The van der Waals surface area contributed by atoms with Crippen molar-refractivity contribution in [3.8, 4) is 17.2 Å². The zero-order chi connectivity index (χ0) is 24.0. The van der Waals surface area contributed by atoms with Crippen LogP contribution in [0.5, 0.6) is 17.2 Å². The number of anilines is 1. The fraction of sp³-hybridized carbons (Fsp3) is 0.435. The van der Waals surface area contributed by atoms with Crippen LogP contribution in [0.1, 0.15) is 27.7 Å². The molecule has 0 bridgehead atoms. The molecule has 2 aromatic carbocycles. The molecule has 0 fully saturated rings. The first kappa shape index (κ1) is 25.2. The van der Waals surface area contributed by atoms with Gasteiger partial charge in [-0.05, 0) is 50.2 Å².